The molecule has 2 heterocycles. The quantitative estimate of drug-likeness (QED) is 0.312. The summed E-state index contributed by atoms with van der Waals surface area (Å²) >= 11 is 1.70. The predicted molar refractivity (Wildman–Crippen MR) is 143 cm³/mol. The van der Waals surface area contributed by atoms with E-state index in [2.05, 4.69) is 65.1 Å². The molecule has 1 aliphatic carbocycles. The summed E-state index contributed by atoms with van der Waals surface area (Å²) in [6, 6.07) is 22.6. The second kappa shape index (κ2) is 10.6. The van der Waals surface area contributed by atoms with Crippen molar-refractivity contribution in [3.63, 3.8) is 0 Å². The molecular formula is C29H32N4OS. The number of carbonyl (C=O) groups is 1. The maximum Gasteiger partial charge on any atom is 0.251 e. The highest BCUT2D eigenvalue weighted by Crippen LogP contribution is 2.30. The van der Waals surface area contributed by atoms with Crippen molar-refractivity contribution in [3.05, 3.63) is 89.6 Å². The van der Waals surface area contributed by atoms with Gasteiger partial charge in [-0.1, -0.05) is 80.9 Å². The van der Waals surface area contributed by atoms with Crippen LogP contribution in [0.5, 0.6) is 0 Å². The molecule has 0 unspecified atom stereocenters. The topological polar surface area (TPSA) is 59.8 Å². The van der Waals surface area contributed by atoms with Crippen molar-refractivity contribution in [1.82, 2.24) is 19.9 Å². The van der Waals surface area contributed by atoms with Gasteiger partial charge in [0.2, 0.25) is 0 Å². The Hall–Kier alpha value is -3.12. The molecule has 1 amide bonds. The standard InChI is InChI=1S/C29H32N4OS/c1-20-8-6-11-25(21(20)2)31-28(34)24-15-13-23(14-16-24)19-35-29-32-26-12-7-17-30-27(26)33(29)18-22-9-4-3-5-10-22/h3-5,7,9-10,12-17,20-21,25H,6,8,11,18-19H2,1-2H3,(H,31,34)/t20-,21+,25-/m1/s1. The number of amides is 1. The van der Waals surface area contributed by atoms with E-state index in [1.807, 2.05) is 36.5 Å². The number of hydrogen-bond acceptors (Lipinski definition) is 4. The first kappa shape index (κ1) is 23.6. The van der Waals surface area contributed by atoms with Gasteiger partial charge in [0.25, 0.3) is 5.91 Å². The smallest absolute Gasteiger partial charge is 0.251 e. The van der Waals surface area contributed by atoms with E-state index >= 15 is 0 Å². The fraction of sp³-hybridized carbons (Fsp3) is 0.345. The minimum Gasteiger partial charge on any atom is -0.349 e. The normalized spacial score (nSPS) is 20.1. The Morgan fingerprint density at radius 2 is 1.80 bits per heavy atom. The molecule has 3 atom stereocenters. The van der Waals surface area contributed by atoms with Gasteiger partial charge in [0.05, 0.1) is 6.54 Å². The van der Waals surface area contributed by atoms with Gasteiger partial charge in [-0.15, -0.1) is 0 Å². The van der Waals surface area contributed by atoms with Crippen LogP contribution in [0.15, 0.2) is 78.1 Å². The lowest BCUT2D eigenvalue weighted by Crippen LogP contribution is -2.43. The molecule has 35 heavy (non-hydrogen) atoms. The van der Waals surface area contributed by atoms with E-state index in [1.165, 1.54) is 18.4 Å². The molecule has 0 radical (unpaired) electrons. The molecule has 180 valence electrons. The fourth-order valence-corrected chi connectivity index (χ4v) is 5.85. The summed E-state index contributed by atoms with van der Waals surface area (Å²) < 4.78 is 2.18. The van der Waals surface area contributed by atoms with Gasteiger partial charge in [0, 0.05) is 23.6 Å². The Kier molecular flexibility index (Phi) is 7.19. The fourth-order valence-electron chi connectivity index (χ4n) is 4.89. The first-order valence-corrected chi connectivity index (χ1v) is 13.4. The molecule has 1 aliphatic rings. The molecule has 5 rings (SSSR count). The monoisotopic (exact) mass is 484 g/mol. The van der Waals surface area contributed by atoms with Crippen molar-refractivity contribution >= 4 is 28.8 Å². The van der Waals surface area contributed by atoms with E-state index in [0.29, 0.717) is 11.8 Å². The third-order valence-corrected chi connectivity index (χ3v) is 8.31. The van der Waals surface area contributed by atoms with E-state index in [0.717, 1.165) is 46.2 Å². The number of thioether (sulfide) groups is 1. The number of benzene rings is 2. The van der Waals surface area contributed by atoms with E-state index in [1.54, 1.807) is 11.8 Å². The zero-order valence-electron chi connectivity index (χ0n) is 20.4. The molecule has 0 aliphatic heterocycles. The van der Waals surface area contributed by atoms with Crippen LogP contribution in [0.25, 0.3) is 11.2 Å². The molecule has 1 saturated carbocycles. The lowest BCUT2D eigenvalue weighted by atomic mass is 9.78. The Morgan fingerprint density at radius 1 is 1.00 bits per heavy atom. The summed E-state index contributed by atoms with van der Waals surface area (Å²) in [6.07, 6.45) is 5.34. The van der Waals surface area contributed by atoms with Gasteiger partial charge in [0.1, 0.15) is 5.52 Å². The second-order valence-electron chi connectivity index (χ2n) is 9.65. The van der Waals surface area contributed by atoms with Gasteiger partial charge in [-0.25, -0.2) is 9.97 Å². The first-order valence-electron chi connectivity index (χ1n) is 12.5. The number of imidazole rings is 1. The zero-order chi connectivity index (χ0) is 24.2. The van der Waals surface area contributed by atoms with Crippen LogP contribution in [0.2, 0.25) is 0 Å². The van der Waals surface area contributed by atoms with Crippen LogP contribution in [0, 0.1) is 11.8 Å². The zero-order valence-corrected chi connectivity index (χ0v) is 21.2. The van der Waals surface area contributed by atoms with E-state index in [4.69, 9.17) is 4.98 Å². The van der Waals surface area contributed by atoms with Crippen LogP contribution in [0.3, 0.4) is 0 Å². The number of nitrogens with zero attached hydrogens (tertiary/aromatic N) is 3. The average molecular weight is 485 g/mol. The van der Waals surface area contributed by atoms with Gasteiger partial charge in [-0.2, -0.15) is 0 Å². The number of pyridine rings is 1. The Morgan fingerprint density at radius 3 is 2.60 bits per heavy atom. The molecule has 0 saturated heterocycles. The number of hydrogen-bond donors (Lipinski definition) is 1. The van der Waals surface area contributed by atoms with Crippen LogP contribution in [-0.4, -0.2) is 26.5 Å². The van der Waals surface area contributed by atoms with Crippen LogP contribution in [0.4, 0.5) is 0 Å². The highest BCUT2D eigenvalue weighted by atomic mass is 32.2. The van der Waals surface area contributed by atoms with E-state index < -0.39 is 0 Å². The molecule has 2 aromatic heterocycles. The van der Waals surface area contributed by atoms with Crippen molar-refractivity contribution in [2.24, 2.45) is 11.8 Å². The summed E-state index contributed by atoms with van der Waals surface area (Å²) in [4.78, 5) is 22.3. The van der Waals surface area contributed by atoms with Gasteiger partial charge in [0.15, 0.2) is 10.8 Å². The van der Waals surface area contributed by atoms with Gasteiger partial charge in [-0.3, -0.25) is 9.36 Å². The molecule has 5 nitrogen and oxygen atoms in total. The number of nitrogens with one attached hydrogen (secondary N) is 1. The number of fused-ring (bicyclic) bond motifs is 1. The molecule has 4 aromatic rings. The molecule has 1 N–H and O–H groups in total. The Balaban J connectivity index is 1.26. The number of aromatic nitrogens is 3. The average Bonchev–Trinajstić information content (AvgIpc) is 3.23. The summed E-state index contributed by atoms with van der Waals surface area (Å²) in [7, 11) is 0. The summed E-state index contributed by atoms with van der Waals surface area (Å²) in [5, 5.41) is 4.22. The minimum absolute atomic E-state index is 0.0332. The van der Waals surface area contributed by atoms with Crippen molar-refractivity contribution < 1.29 is 4.79 Å². The molecular weight excluding hydrogens is 452 g/mol. The van der Waals surface area contributed by atoms with Crippen LogP contribution in [0.1, 0.15) is 54.6 Å². The predicted octanol–water partition coefficient (Wildman–Crippen LogP) is 6.33. The Labute approximate surface area is 211 Å². The summed E-state index contributed by atoms with van der Waals surface area (Å²) in [5.74, 6) is 1.99. The van der Waals surface area contributed by atoms with Gasteiger partial charge < -0.3 is 5.32 Å². The maximum atomic E-state index is 12.8. The lowest BCUT2D eigenvalue weighted by Gasteiger charge is -2.34. The highest BCUT2D eigenvalue weighted by molar-refractivity contribution is 7.98. The minimum atomic E-state index is 0.0332. The van der Waals surface area contributed by atoms with Crippen molar-refractivity contribution in [2.45, 2.75) is 56.6 Å². The van der Waals surface area contributed by atoms with Gasteiger partial charge >= 0.3 is 0 Å². The van der Waals surface area contributed by atoms with Crippen LogP contribution in [-0.2, 0) is 12.3 Å². The highest BCUT2D eigenvalue weighted by Gasteiger charge is 2.28. The summed E-state index contributed by atoms with van der Waals surface area (Å²) in [5.41, 5.74) is 4.92. The first-order chi connectivity index (χ1) is 17.1. The summed E-state index contributed by atoms with van der Waals surface area (Å²) in [6.45, 7) is 5.28. The third kappa shape index (κ3) is 5.43. The van der Waals surface area contributed by atoms with Crippen molar-refractivity contribution in [1.29, 1.82) is 0 Å². The second-order valence-corrected chi connectivity index (χ2v) is 10.6. The number of rotatable bonds is 7. The third-order valence-electron chi connectivity index (χ3n) is 7.26. The molecule has 1 fully saturated rings. The molecule has 0 bridgehead atoms. The van der Waals surface area contributed by atoms with Crippen molar-refractivity contribution in [2.75, 3.05) is 0 Å². The molecule has 6 heteroatoms. The largest absolute Gasteiger partial charge is 0.349 e. The molecule has 2 aromatic carbocycles. The van der Waals surface area contributed by atoms with Crippen LogP contribution >= 0.6 is 11.8 Å². The van der Waals surface area contributed by atoms with E-state index in [9.17, 15) is 4.79 Å². The number of carbonyl (C=O) groups excluding carboxylic acids is 1. The SMILES string of the molecule is C[C@H]1[C@H](C)CCC[C@H]1NC(=O)c1ccc(CSc2nc3cccnc3n2Cc2ccccc2)cc1. The van der Waals surface area contributed by atoms with E-state index in [-0.39, 0.29) is 11.9 Å². The van der Waals surface area contributed by atoms with Crippen LogP contribution < -0.4 is 5.32 Å². The lowest BCUT2D eigenvalue weighted by molar-refractivity contribution is 0.0891. The maximum absolute atomic E-state index is 12.8. The van der Waals surface area contributed by atoms with Gasteiger partial charge in [-0.05, 0) is 53.6 Å². The Bertz CT molecular complexity index is 1290. The van der Waals surface area contributed by atoms with Crippen molar-refractivity contribution in [3.8, 4) is 0 Å². The molecule has 0 spiro atoms.